The third-order valence-corrected chi connectivity index (χ3v) is 1.48. The smallest absolute Gasteiger partial charge is 0.273 e. The van der Waals surface area contributed by atoms with Crippen LogP contribution in [0.4, 0.5) is 5.82 Å². The van der Waals surface area contributed by atoms with Gasteiger partial charge in [-0.3, -0.25) is 4.79 Å². The van der Waals surface area contributed by atoms with Crippen molar-refractivity contribution < 1.29 is 4.79 Å². The molecule has 3 N–H and O–H groups in total. The second-order valence-electron chi connectivity index (χ2n) is 2.55. The van der Waals surface area contributed by atoms with E-state index in [0.29, 0.717) is 6.54 Å². The third kappa shape index (κ3) is 2.40. The molecule has 0 saturated carbocycles. The Morgan fingerprint density at radius 2 is 2.23 bits per heavy atom. The number of aromatic nitrogens is 2. The van der Waals surface area contributed by atoms with E-state index in [-0.39, 0.29) is 17.4 Å². The van der Waals surface area contributed by atoms with E-state index >= 15 is 0 Å². The summed E-state index contributed by atoms with van der Waals surface area (Å²) in [5.74, 6) is -0.108. The summed E-state index contributed by atoms with van der Waals surface area (Å²) in [5.41, 5.74) is 5.65. The Labute approximate surface area is 76.4 Å². The minimum absolute atomic E-state index is 0.163. The number of amides is 1. The van der Waals surface area contributed by atoms with E-state index in [2.05, 4.69) is 15.3 Å². The van der Waals surface area contributed by atoms with Gasteiger partial charge >= 0.3 is 0 Å². The zero-order chi connectivity index (χ0) is 9.68. The number of hydrogen-bond donors (Lipinski definition) is 2. The summed E-state index contributed by atoms with van der Waals surface area (Å²) in [4.78, 5) is 18.9. The Morgan fingerprint density at radius 3 is 2.85 bits per heavy atom. The molecule has 1 amide bonds. The number of hydrogen-bond acceptors (Lipinski definition) is 4. The maximum Gasteiger partial charge on any atom is 0.273 e. The van der Waals surface area contributed by atoms with Gasteiger partial charge in [0, 0.05) is 18.9 Å². The lowest BCUT2D eigenvalue weighted by Gasteiger charge is -2.03. The van der Waals surface area contributed by atoms with Gasteiger partial charge in [0.2, 0.25) is 0 Å². The molecule has 70 valence electrons. The van der Waals surface area contributed by atoms with Crippen LogP contribution in [0.15, 0.2) is 12.4 Å². The van der Waals surface area contributed by atoms with Crippen LogP contribution in [0.2, 0.25) is 0 Å². The number of nitrogen functional groups attached to an aromatic ring is 1. The first-order valence-electron chi connectivity index (χ1n) is 4.10. The number of carbonyl (C=O) groups is 1. The largest absolute Gasteiger partial charge is 0.382 e. The first-order valence-corrected chi connectivity index (χ1v) is 4.10. The van der Waals surface area contributed by atoms with Crippen LogP contribution in [-0.2, 0) is 0 Å². The molecule has 0 saturated heterocycles. The predicted molar refractivity (Wildman–Crippen MR) is 49.1 cm³/mol. The molecule has 1 aromatic heterocycles. The number of nitrogens with zero attached hydrogens (tertiary/aromatic N) is 2. The Bertz CT molecular complexity index is 300. The lowest BCUT2D eigenvalue weighted by atomic mass is 10.3. The molecule has 0 aliphatic heterocycles. The van der Waals surface area contributed by atoms with Gasteiger partial charge in [-0.15, -0.1) is 0 Å². The topological polar surface area (TPSA) is 80.9 Å². The van der Waals surface area contributed by atoms with Crippen LogP contribution in [-0.4, -0.2) is 22.4 Å². The molecule has 5 heteroatoms. The van der Waals surface area contributed by atoms with E-state index in [1.165, 1.54) is 12.4 Å². The third-order valence-electron chi connectivity index (χ3n) is 1.48. The lowest BCUT2D eigenvalue weighted by Crippen LogP contribution is -2.26. The van der Waals surface area contributed by atoms with Gasteiger partial charge < -0.3 is 11.1 Å². The van der Waals surface area contributed by atoms with Gasteiger partial charge in [0.25, 0.3) is 5.91 Å². The minimum atomic E-state index is -0.271. The maximum absolute atomic E-state index is 11.3. The van der Waals surface area contributed by atoms with Crippen molar-refractivity contribution in [1.82, 2.24) is 15.3 Å². The molecule has 0 fully saturated rings. The van der Waals surface area contributed by atoms with Gasteiger partial charge in [0.1, 0.15) is 0 Å². The molecular formula is C8H12N4O. The van der Waals surface area contributed by atoms with Crippen molar-refractivity contribution >= 4 is 11.7 Å². The van der Waals surface area contributed by atoms with Gasteiger partial charge in [0.05, 0.1) is 0 Å². The second kappa shape index (κ2) is 4.39. The normalized spacial score (nSPS) is 9.62. The number of anilines is 1. The van der Waals surface area contributed by atoms with E-state index in [1.54, 1.807) is 0 Å². The summed E-state index contributed by atoms with van der Waals surface area (Å²) in [6.07, 6.45) is 3.77. The van der Waals surface area contributed by atoms with Gasteiger partial charge in [-0.1, -0.05) is 6.92 Å². The summed E-state index contributed by atoms with van der Waals surface area (Å²) in [5, 5.41) is 2.67. The standard InChI is InChI=1S/C8H12N4O/c1-2-3-12-8(13)6-7(9)11-5-4-10-6/h4-5H,2-3H2,1H3,(H2,9,11)(H,12,13). The SMILES string of the molecule is CCCNC(=O)c1nccnc1N. The molecule has 0 atom stereocenters. The first kappa shape index (κ1) is 9.44. The van der Waals surface area contributed by atoms with Crippen LogP contribution in [0.1, 0.15) is 23.8 Å². The van der Waals surface area contributed by atoms with Crippen LogP contribution in [0.3, 0.4) is 0 Å². The fourth-order valence-electron chi connectivity index (χ4n) is 0.846. The molecule has 1 rings (SSSR count). The fraction of sp³-hybridized carbons (Fsp3) is 0.375. The molecule has 0 unspecified atom stereocenters. The molecule has 0 radical (unpaired) electrons. The highest BCUT2D eigenvalue weighted by atomic mass is 16.1. The molecule has 5 nitrogen and oxygen atoms in total. The zero-order valence-corrected chi connectivity index (χ0v) is 7.45. The van der Waals surface area contributed by atoms with Crippen molar-refractivity contribution in [2.75, 3.05) is 12.3 Å². The van der Waals surface area contributed by atoms with Crippen molar-refractivity contribution in [3.63, 3.8) is 0 Å². The van der Waals surface area contributed by atoms with Crippen molar-refractivity contribution in [2.45, 2.75) is 13.3 Å². The van der Waals surface area contributed by atoms with Crippen molar-refractivity contribution in [3.8, 4) is 0 Å². The van der Waals surface area contributed by atoms with Gasteiger partial charge in [-0.05, 0) is 6.42 Å². The second-order valence-corrected chi connectivity index (χ2v) is 2.55. The maximum atomic E-state index is 11.3. The lowest BCUT2D eigenvalue weighted by molar-refractivity contribution is 0.0949. The summed E-state index contributed by atoms with van der Waals surface area (Å²) < 4.78 is 0. The molecule has 0 bridgehead atoms. The highest BCUT2D eigenvalue weighted by molar-refractivity contribution is 5.96. The molecular weight excluding hydrogens is 168 g/mol. The van der Waals surface area contributed by atoms with Gasteiger partial charge in [-0.25, -0.2) is 9.97 Å². The molecule has 0 spiro atoms. The van der Waals surface area contributed by atoms with E-state index in [4.69, 9.17) is 5.73 Å². The van der Waals surface area contributed by atoms with Gasteiger partial charge in [0.15, 0.2) is 11.5 Å². The molecule has 0 aliphatic rings. The van der Waals surface area contributed by atoms with Crippen LogP contribution < -0.4 is 11.1 Å². The highest BCUT2D eigenvalue weighted by Gasteiger charge is 2.09. The van der Waals surface area contributed by atoms with E-state index in [1.807, 2.05) is 6.92 Å². The van der Waals surface area contributed by atoms with E-state index in [9.17, 15) is 4.79 Å². The van der Waals surface area contributed by atoms with E-state index in [0.717, 1.165) is 6.42 Å². The van der Waals surface area contributed by atoms with Crippen molar-refractivity contribution in [1.29, 1.82) is 0 Å². The minimum Gasteiger partial charge on any atom is -0.382 e. The average Bonchev–Trinajstić information content (AvgIpc) is 2.15. The Kier molecular flexibility index (Phi) is 3.19. The summed E-state index contributed by atoms with van der Waals surface area (Å²) in [6, 6.07) is 0. The van der Waals surface area contributed by atoms with Crippen LogP contribution >= 0.6 is 0 Å². The summed E-state index contributed by atoms with van der Waals surface area (Å²) in [7, 11) is 0. The quantitative estimate of drug-likeness (QED) is 0.696. The summed E-state index contributed by atoms with van der Waals surface area (Å²) in [6.45, 7) is 2.59. The average molecular weight is 180 g/mol. The molecule has 1 heterocycles. The number of nitrogens with one attached hydrogen (secondary N) is 1. The van der Waals surface area contributed by atoms with Gasteiger partial charge in [-0.2, -0.15) is 0 Å². The predicted octanol–water partition coefficient (Wildman–Crippen LogP) is 0.199. The first-order chi connectivity index (χ1) is 6.25. The molecule has 13 heavy (non-hydrogen) atoms. The van der Waals surface area contributed by atoms with Crippen LogP contribution in [0, 0.1) is 0 Å². The Morgan fingerprint density at radius 1 is 1.54 bits per heavy atom. The highest BCUT2D eigenvalue weighted by Crippen LogP contribution is 2.01. The Balaban J connectivity index is 2.71. The zero-order valence-electron chi connectivity index (χ0n) is 7.45. The monoisotopic (exact) mass is 180 g/mol. The van der Waals surface area contributed by atoms with Crippen molar-refractivity contribution in [3.05, 3.63) is 18.1 Å². The Hall–Kier alpha value is -1.65. The number of carbonyl (C=O) groups excluding carboxylic acids is 1. The van der Waals surface area contributed by atoms with Crippen molar-refractivity contribution in [2.24, 2.45) is 0 Å². The number of rotatable bonds is 3. The van der Waals surface area contributed by atoms with E-state index < -0.39 is 0 Å². The molecule has 0 aliphatic carbocycles. The van der Waals surface area contributed by atoms with Crippen LogP contribution in [0.25, 0.3) is 0 Å². The molecule has 1 aromatic rings. The fourth-order valence-corrected chi connectivity index (χ4v) is 0.846. The molecule has 0 aromatic carbocycles. The summed E-state index contributed by atoms with van der Waals surface area (Å²) >= 11 is 0. The number of nitrogens with two attached hydrogens (primary N) is 1. The van der Waals surface area contributed by atoms with Crippen LogP contribution in [0.5, 0.6) is 0 Å².